The zero-order valence-corrected chi connectivity index (χ0v) is 18.3. The summed E-state index contributed by atoms with van der Waals surface area (Å²) >= 11 is 5.84. The van der Waals surface area contributed by atoms with Crippen LogP contribution in [0.4, 0.5) is 0 Å². The molecule has 1 amide bonds. The molecule has 0 fully saturated rings. The summed E-state index contributed by atoms with van der Waals surface area (Å²) in [5.74, 6) is -0.398. The minimum absolute atomic E-state index is 0.0838. The predicted molar refractivity (Wildman–Crippen MR) is 119 cm³/mol. The fraction of sp³-hybridized carbons (Fsp3) is 0.174. The average molecular weight is 443 g/mol. The molecule has 0 radical (unpaired) electrons. The minimum Gasteiger partial charge on any atom is -0.344 e. The Morgan fingerprint density at radius 1 is 0.967 bits per heavy atom. The number of nitrogens with zero attached hydrogens (tertiary/aromatic N) is 1. The molecule has 1 N–H and O–H groups in total. The van der Waals surface area contributed by atoms with Gasteiger partial charge < -0.3 is 5.32 Å². The maximum Gasteiger partial charge on any atom is 0.243 e. The highest BCUT2D eigenvalue weighted by atomic mass is 35.5. The highest BCUT2D eigenvalue weighted by Crippen LogP contribution is 2.23. The Labute approximate surface area is 182 Å². The zero-order valence-electron chi connectivity index (χ0n) is 16.7. The van der Waals surface area contributed by atoms with Crippen LogP contribution in [0.25, 0.3) is 0 Å². The Hall–Kier alpha value is -2.67. The van der Waals surface area contributed by atoms with E-state index in [1.54, 1.807) is 0 Å². The summed E-state index contributed by atoms with van der Waals surface area (Å²) in [6, 6.07) is 22.9. The van der Waals surface area contributed by atoms with Crippen LogP contribution in [0.3, 0.4) is 0 Å². The normalized spacial score (nSPS) is 12.5. The minimum atomic E-state index is -3.81. The summed E-state index contributed by atoms with van der Waals surface area (Å²) in [7, 11) is -2.43. The van der Waals surface area contributed by atoms with Gasteiger partial charge in [-0.3, -0.25) is 4.79 Å². The van der Waals surface area contributed by atoms with Crippen LogP contribution >= 0.6 is 11.6 Å². The van der Waals surface area contributed by atoms with E-state index < -0.39 is 15.9 Å². The van der Waals surface area contributed by atoms with Gasteiger partial charge in [0, 0.05) is 12.1 Å². The average Bonchev–Trinajstić information content (AvgIpc) is 2.73. The fourth-order valence-electron chi connectivity index (χ4n) is 3.13. The number of benzene rings is 3. The monoisotopic (exact) mass is 442 g/mol. The Balaban J connectivity index is 1.80. The molecule has 156 valence electrons. The molecule has 0 spiro atoms. The Bertz CT molecular complexity index is 1120. The summed E-state index contributed by atoms with van der Waals surface area (Å²) in [6.45, 7) is 1.68. The van der Waals surface area contributed by atoms with Crippen LogP contribution in [0.15, 0.2) is 83.8 Å². The van der Waals surface area contributed by atoms with E-state index in [0.717, 1.165) is 21.0 Å². The second-order valence-electron chi connectivity index (χ2n) is 7.04. The summed E-state index contributed by atoms with van der Waals surface area (Å²) < 4.78 is 26.5. The van der Waals surface area contributed by atoms with Gasteiger partial charge in [-0.05, 0) is 42.3 Å². The van der Waals surface area contributed by atoms with E-state index in [1.807, 2.05) is 61.5 Å². The van der Waals surface area contributed by atoms with E-state index in [-0.39, 0.29) is 17.5 Å². The molecule has 0 aromatic heterocycles. The second kappa shape index (κ2) is 9.43. The molecule has 0 aliphatic heterocycles. The summed E-state index contributed by atoms with van der Waals surface area (Å²) in [5, 5.41) is 3.42. The van der Waals surface area contributed by atoms with E-state index in [9.17, 15) is 13.2 Å². The zero-order chi connectivity index (χ0) is 21.7. The fourth-order valence-corrected chi connectivity index (χ4v) is 4.39. The van der Waals surface area contributed by atoms with Crippen molar-refractivity contribution < 1.29 is 13.2 Å². The van der Waals surface area contributed by atoms with Gasteiger partial charge in [0.15, 0.2) is 0 Å². The van der Waals surface area contributed by atoms with Gasteiger partial charge in [0.2, 0.25) is 15.9 Å². The first-order valence-electron chi connectivity index (χ1n) is 9.40. The van der Waals surface area contributed by atoms with E-state index in [2.05, 4.69) is 5.32 Å². The highest BCUT2D eigenvalue weighted by molar-refractivity contribution is 7.89. The van der Waals surface area contributed by atoms with Gasteiger partial charge in [0.1, 0.15) is 0 Å². The van der Waals surface area contributed by atoms with Gasteiger partial charge in [0.25, 0.3) is 0 Å². The van der Waals surface area contributed by atoms with Crippen molar-refractivity contribution >= 4 is 27.5 Å². The number of amides is 1. The first-order chi connectivity index (χ1) is 14.3. The molecule has 5 nitrogen and oxygen atoms in total. The first-order valence-corrected chi connectivity index (χ1v) is 11.2. The SMILES string of the molecule is Cc1cccc(C(NC(=O)CN(C)S(=O)(=O)c2ccc(Cl)cc2)c2ccccc2)c1. The lowest BCUT2D eigenvalue weighted by Crippen LogP contribution is -2.40. The van der Waals surface area contributed by atoms with Gasteiger partial charge in [-0.1, -0.05) is 71.8 Å². The van der Waals surface area contributed by atoms with Crippen LogP contribution in [-0.4, -0.2) is 32.2 Å². The number of carbonyl (C=O) groups excluding carboxylic acids is 1. The standard InChI is InChI=1S/C23H23ClN2O3S/c1-17-7-6-10-19(15-17)23(18-8-4-3-5-9-18)25-22(27)16-26(2)30(28,29)21-13-11-20(24)12-14-21/h3-15,23H,16H2,1-2H3,(H,25,27). The molecule has 0 saturated carbocycles. The van der Waals surface area contributed by atoms with E-state index in [4.69, 9.17) is 11.6 Å². The van der Waals surface area contributed by atoms with Gasteiger partial charge in [-0.2, -0.15) is 4.31 Å². The molecule has 0 aliphatic carbocycles. The second-order valence-corrected chi connectivity index (χ2v) is 9.52. The van der Waals surface area contributed by atoms with Crippen molar-refractivity contribution in [3.05, 3.63) is 101 Å². The summed E-state index contributed by atoms with van der Waals surface area (Å²) in [5.41, 5.74) is 2.92. The van der Waals surface area contributed by atoms with E-state index in [1.165, 1.54) is 31.3 Å². The number of carbonyl (C=O) groups is 1. The van der Waals surface area contributed by atoms with Crippen molar-refractivity contribution in [2.75, 3.05) is 13.6 Å². The van der Waals surface area contributed by atoms with Crippen LogP contribution in [0.1, 0.15) is 22.7 Å². The molecule has 7 heteroatoms. The van der Waals surface area contributed by atoms with Crippen molar-refractivity contribution in [1.29, 1.82) is 0 Å². The summed E-state index contributed by atoms with van der Waals surface area (Å²) in [6.07, 6.45) is 0. The lowest BCUT2D eigenvalue weighted by atomic mass is 9.97. The predicted octanol–water partition coefficient (Wildman–Crippen LogP) is 4.17. The third-order valence-corrected chi connectivity index (χ3v) is 6.77. The van der Waals surface area contributed by atoms with Crippen molar-refractivity contribution in [3.63, 3.8) is 0 Å². The molecule has 1 atom stereocenters. The van der Waals surface area contributed by atoms with Gasteiger partial charge in [-0.15, -0.1) is 0 Å². The van der Waals surface area contributed by atoms with Crippen molar-refractivity contribution in [3.8, 4) is 0 Å². The summed E-state index contributed by atoms with van der Waals surface area (Å²) in [4.78, 5) is 12.9. The number of hydrogen-bond donors (Lipinski definition) is 1. The van der Waals surface area contributed by atoms with Crippen molar-refractivity contribution in [2.45, 2.75) is 17.9 Å². The number of sulfonamides is 1. The molecule has 30 heavy (non-hydrogen) atoms. The van der Waals surface area contributed by atoms with Crippen LogP contribution in [0.2, 0.25) is 5.02 Å². The van der Waals surface area contributed by atoms with Gasteiger partial charge in [-0.25, -0.2) is 8.42 Å². The third kappa shape index (κ3) is 5.27. The van der Waals surface area contributed by atoms with Crippen LogP contribution in [0, 0.1) is 6.92 Å². The van der Waals surface area contributed by atoms with Crippen molar-refractivity contribution in [1.82, 2.24) is 9.62 Å². The maximum absolute atomic E-state index is 12.8. The molecule has 3 aromatic rings. The molecule has 3 aromatic carbocycles. The topological polar surface area (TPSA) is 66.5 Å². The Morgan fingerprint density at radius 3 is 2.23 bits per heavy atom. The van der Waals surface area contributed by atoms with Gasteiger partial charge in [0.05, 0.1) is 17.5 Å². The van der Waals surface area contributed by atoms with E-state index >= 15 is 0 Å². The molecular weight excluding hydrogens is 420 g/mol. The quantitative estimate of drug-likeness (QED) is 0.597. The first kappa shape index (κ1) is 22.0. The van der Waals surface area contributed by atoms with Crippen LogP contribution in [0.5, 0.6) is 0 Å². The number of nitrogens with one attached hydrogen (secondary N) is 1. The number of hydrogen-bond acceptors (Lipinski definition) is 3. The van der Waals surface area contributed by atoms with Crippen LogP contribution < -0.4 is 5.32 Å². The highest BCUT2D eigenvalue weighted by Gasteiger charge is 2.24. The third-order valence-electron chi connectivity index (χ3n) is 4.70. The Kier molecular flexibility index (Phi) is 6.92. The number of likely N-dealkylation sites (N-methyl/N-ethyl adjacent to an activating group) is 1. The number of aryl methyl sites for hydroxylation is 1. The van der Waals surface area contributed by atoms with Crippen molar-refractivity contribution in [2.24, 2.45) is 0 Å². The molecule has 3 rings (SSSR count). The van der Waals surface area contributed by atoms with Gasteiger partial charge >= 0.3 is 0 Å². The van der Waals surface area contributed by atoms with Crippen LogP contribution in [-0.2, 0) is 14.8 Å². The largest absolute Gasteiger partial charge is 0.344 e. The maximum atomic E-state index is 12.8. The number of rotatable bonds is 7. The smallest absolute Gasteiger partial charge is 0.243 e. The van der Waals surface area contributed by atoms with E-state index in [0.29, 0.717) is 5.02 Å². The molecular formula is C23H23ClN2O3S. The number of halogens is 1. The Morgan fingerprint density at radius 2 is 1.60 bits per heavy atom. The molecule has 0 saturated heterocycles. The molecule has 0 bridgehead atoms. The molecule has 0 heterocycles. The molecule has 0 aliphatic rings. The lowest BCUT2D eigenvalue weighted by molar-refractivity contribution is -0.121. The molecule has 1 unspecified atom stereocenters. The lowest BCUT2D eigenvalue weighted by Gasteiger charge is -2.22.